The van der Waals surface area contributed by atoms with Gasteiger partial charge in [0, 0.05) is 24.9 Å². The molecule has 2 N–H and O–H groups in total. The van der Waals surface area contributed by atoms with E-state index in [0.29, 0.717) is 48.0 Å². The number of ketones is 1. The van der Waals surface area contributed by atoms with Crippen molar-refractivity contribution < 1.29 is 27.9 Å². The van der Waals surface area contributed by atoms with Gasteiger partial charge in [0.05, 0.1) is 29.6 Å². The monoisotopic (exact) mass is 843 g/mol. The number of rotatable bonds is 12. The van der Waals surface area contributed by atoms with E-state index in [4.69, 9.17) is 4.74 Å². The number of nitrogens with one attached hydrogen (secondary N) is 1. The molecule has 7 rings (SSSR count). The molecule has 0 heterocycles. The zero-order valence-electron chi connectivity index (χ0n) is 38.2. The highest BCUT2D eigenvalue weighted by Gasteiger charge is 2.69. The SMILES string of the molecule is COc1ccc(S(=O)(=O)N(CC(C)C)C[C@@H](O)[C@H](Cc2ccccc2)NC(=O)[C@]23CC[C@@H](C)[C@H](C)[C@H]2C2=CC[C@@H]4[C@@]5(C)CCC(=O)C(C)(C)[C@@H]5CC[C@@]4(C)[C@]2(C)CC3)cc1. The van der Waals surface area contributed by atoms with E-state index >= 15 is 4.79 Å². The Morgan fingerprint density at radius 2 is 1.58 bits per heavy atom. The zero-order valence-corrected chi connectivity index (χ0v) is 39.0. The van der Waals surface area contributed by atoms with E-state index in [1.165, 1.54) is 9.88 Å². The molecular weight excluding hydrogens is 769 g/mol. The fourth-order valence-corrected chi connectivity index (χ4v) is 15.7. The summed E-state index contributed by atoms with van der Waals surface area (Å²) in [4.78, 5) is 29.0. The first-order chi connectivity index (χ1) is 28.2. The smallest absolute Gasteiger partial charge is 0.243 e. The number of hydrogen-bond donors (Lipinski definition) is 2. The normalized spacial score (nSPS) is 35.9. The van der Waals surface area contributed by atoms with E-state index in [-0.39, 0.29) is 57.4 Å². The molecule has 2 aromatic carbocycles. The Morgan fingerprint density at radius 3 is 2.23 bits per heavy atom. The predicted octanol–water partition coefficient (Wildman–Crippen LogP) is 9.66. The van der Waals surface area contributed by atoms with Crippen molar-refractivity contribution in [1.82, 2.24) is 9.62 Å². The molecule has 4 saturated carbocycles. The van der Waals surface area contributed by atoms with Crippen LogP contribution in [0.1, 0.15) is 126 Å². The molecule has 8 nitrogen and oxygen atoms in total. The molecule has 1 amide bonds. The van der Waals surface area contributed by atoms with Gasteiger partial charge in [-0.25, -0.2) is 8.42 Å². The number of methoxy groups -OCH3 is 1. The Morgan fingerprint density at radius 1 is 0.900 bits per heavy atom. The van der Waals surface area contributed by atoms with Crippen molar-refractivity contribution >= 4 is 21.7 Å². The number of ether oxygens (including phenoxy) is 1. The average molecular weight is 843 g/mol. The van der Waals surface area contributed by atoms with Crippen molar-refractivity contribution in [3.8, 4) is 5.75 Å². The summed E-state index contributed by atoms with van der Waals surface area (Å²) in [6, 6.07) is 15.5. The topological polar surface area (TPSA) is 113 Å². The number of Topliss-reactive ketones (excluding diaryl/α,β-unsaturated/α-hetero) is 1. The summed E-state index contributed by atoms with van der Waals surface area (Å²) < 4.78 is 35.1. The minimum absolute atomic E-state index is 0.00177. The molecule has 5 aliphatic carbocycles. The number of allylic oxidation sites excluding steroid dienone is 2. The second-order valence-electron chi connectivity index (χ2n) is 21.7. The third-order valence-corrected chi connectivity index (χ3v) is 19.8. The lowest BCUT2D eigenvalue weighted by molar-refractivity contribution is -0.187. The van der Waals surface area contributed by atoms with Crippen LogP contribution in [0.5, 0.6) is 5.75 Å². The maximum absolute atomic E-state index is 15.5. The number of hydrogen-bond acceptors (Lipinski definition) is 6. The molecule has 0 unspecified atom stereocenters. The standard InChI is InChI=1S/C51H74N2O6S/c1-33(2)31-53(60(57,58)38-18-16-37(59-10)17-19-38)32-41(54)40(30-36-14-12-11-13-15-36)52-46(56)51-27-22-34(3)35(4)45(51)39-20-21-43-48(7)25-24-44(55)47(5,6)42(48)23-26-50(43,9)49(39,8)28-29-51/h11-20,33-35,40-43,45,54H,21-32H2,1-10H3,(H,52,56)/t34-,35+,40+,41-,42+,43-,45+,48+,49-,50-,51+/m1/s1. The van der Waals surface area contributed by atoms with Gasteiger partial charge in [-0.15, -0.1) is 0 Å². The van der Waals surface area contributed by atoms with Crippen molar-refractivity contribution in [1.29, 1.82) is 0 Å². The van der Waals surface area contributed by atoms with Crippen LogP contribution in [-0.2, 0) is 26.0 Å². The van der Waals surface area contributed by atoms with Gasteiger partial charge in [0.25, 0.3) is 0 Å². The molecule has 0 aromatic heterocycles. The first kappa shape index (κ1) is 45.0. The predicted molar refractivity (Wildman–Crippen MR) is 239 cm³/mol. The number of benzene rings is 2. The van der Waals surface area contributed by atoms with Gasteiger partial charge in [-0.2, -0.15) is 4.31 Å². The molecule has 0 radical (unpaired) electrons. The molecular formula is C51H74N2O6S. The number of sulfonamides is 1. The molecule has 0 saturated heterocycles. The van der Waals surface area contributed by atoms with Crippen LogP contribution >= 0.6 is 0 Å². The molecule has 0 spiro atoms. The maximum atomic E-state index is 15.5. The number of fused-ring (bicyclic) bond motifs is 7. The van der Waals surface area contributed by atoms with Crippen molar-refractivity contribution in [3.63, 3.8) is 0 Å². The van der Waals surface area contributed by atoms with Gasteiger partial charge in [0.15, 0.2) is 0 Å². The number of aliphatic hydroxyl groups excluding tert-OH is 1. The van der Waals surface area contributed by atoms with Crippen molar-refractivity contribution in [2.24, 2.45) is 62.6 Å². The van der Waals surface area contributed by atoms with Crippen LogP contribution in [0.15, 0.2) is 71.1 Å². The van der Waals surface area contributed by atoms with Crippen LogP contribution in [0.3, 0.4) is 0 Å². The van der Waals surface area contributed by atoms with Gasteiger partial charge < -0.3 is 15.2 Å². The van der Waals surface area contributed by atoms with E-state index in [2.05, 4.69) is 59.9 Å². The van der Waals surface area contributed by atoms with Gasteiger partial charge in [-0.05, 0) is 139 Å². The Bertz CT molecular complexity index is 2050. The van der Waals surface area contributed by atoms with Crippen LogP contribution < -0.4 is 10.1 Å². The van der Waals surface area contributed by atoms with Gasteiger partial charge >= 0.3 is 0 Å². The summed E-state index contributed by atoms with van der Waals surface area (Å²) in [5.41, 5.74) is 1.55. The minimum Gasteiger partial charge on any atom is -0.497 e. The van der Waals surface area contributed by atoms with Gasteiger partial charge in [-0.1, -0.05) is 104 Å². The fraction of sp³-hybridized carbons (Fsp3) is 0.686. The molecule has 330 valence electrons. The Balaban J connectivity index is 1.22. The third kappa shape index (κ3) is 7.32. The molecule has 11 atom stereocenters. The molecule has 5 aliphatic rings. The molecule has 9 heteroatoms. The van der Waals surface area contributed by atoms with Crippen LogP contribution in [0.2, 0.25) is 0 Å². The quantitative estimate of drug-likeness (QED) is 0.206. The highest BCUT2D eigenvalue weighted by atomic mass is 32.2. The van der Waals surface area contributed by atoms with E-state index in [0.717, 1.165) is 56.9 Å². The molecule has 0 aliphatic heterocycles. The van der Waals surface area contributed by atoms with Crippen molar-refractivity contribution in [3.05, 3.63) is 71.8 Å². The first-order valence-corrected chi connectivity index (χ1v) is 24.5. The maximum Gasteiger partial charge on any atom is 0.243 e. The van der Waals surface area contributed by atoms with Gasteiger partial charge in [-0.3, -0.25) is 9.59 Å². The second-order valence-corrected chi connectivity index (χ2v) is 23.6. The van der Waals surface area contributed by atoms with Crippen LogP contribution in [0.4, 0.5) is 0 Å². The minimum atomic E-state index is -3.98. The van der Waals surface area contributed by atoms with Gasteiger partial charge in [0.2, 0.25) is 15.9 Å². The van der Waals surface area contributed by atoms with E-state index < -0.39 is 27.6 Å². The van der Waals surface area contributed by atoms with E-state index in [1.807, 2.05) is 44.2 Å². The number of nitrogens with zero attached hydrogens (tertiary/aromatic N) is 1. The largest absolute Gasteiger partial charge is 0.497 e. The van der Waals surface area contributed by atoms with E-state index in [1.54, 1.807) is 31.4 Å². The lowest BCUT2D eigenvalue weighted by atomic mass is 9.33. The molecule has 4 fully saturated rings. The summed E-state index contributed by atoms with van der Waals surface area (Å²) in [5.74, 6) is 2.65. The lowest BCUT2D eigenvalue weighted by Gasteiger charge is -2.71. The highest BCUT2D eigenvalue weighted by Crippen LogP contribution is 2.75. The fourth-order valence-electron chi connectivity index (χ4n) is 14.1. The van der Waals surface area contributed by atoms with Gasteiger partial charge in [0.1, 0.15) is 11.5 Å². The van der Waals surface area contributed by atoms with Crippen LogP contribution in [-0.4, -0.2) is 61.9 Å². The highest BCUT2D eigenvalue weighted by molar-refractivity contribution is 7.89. The Hall–Kier alpha value is -3.01. The Kier molecular flexibility index (Phi) is 12.2. The molecule has 60 heavy (non-hydrogen) atoms. The van der Waals surface area contributed by atoms with E-state index in [9.17, 15) is 18.3 Å². The average Bonchev–Trinajstić information content (AvgIpc) is 3.20. The number of amides is 1. The first-order valence-electron chi connectivity index (χ1n) is 23.1. The number of carbonyl (C=O) groups excluding carboxylic acids is 2. The molecule has 0 bridgehead atoms. The summed E-state index contributed by atoms with van der Waals surface area (Å²) in [7, 11) is -2.44. The zero-order chi connectivity index (χ0) is 43.6. The van der Waals surface area contributed by atoms with Crippen LogP contribution in [0, 0.1) is 62.6 Å². The molecule has 2 aromatic rings. The Labute approximate surface area is 361 Å². The number of aliphatic hydroxyl groups is 1. The summed E-state index contributed by atoms with van der Waals surface area (Å²) in [6.45, 7) is 20.7. The summed E-state index contributed by atoms with van der Waals surface area (Å²) in [6.07, 6.45) is 10.0. The summed E-state index contributed by atoms with van der Waals surface area (Å²) >= 11 is 0. The third-order valence-electron chi connectivity index (χ3n) is 17.9. The van der Waals surface area contributed by atoms with Crippen molar-refractivity contribution in [2.45, 2.75) is 144 Å². The van der Waals surface area contributed by atoms with Crippen LogP contribution in [0.25, 0.3) is 0 Å². The summed E-state index contributed by atoms with van der Waals surface area (Å²) in [5, 5.41) is 15.7. The lowest BCUT2D eigenvalue weighted by Crippen LogP contribution is -2.66. The van der Waals surface area contributed by atoms with Crippen molar-refractivity contribution in [2.75, 3.05) is 20.2 Å². The second kappa shape index (κ2) is 16.3. The number of carbonyl (C=O) groups is 2.